The Labute approximate surface area is 135 Å². The van der Waals surface area contributed by atoms with Crippen LogP contribution in [-0.4, -0.2) is 30.3 Å². The number of carbonyl (C=O) groups excluding carboxylic acids is 2. The highest BCUT2D eigenvalue weighted by atomic mass is 19.3. The van der Waals surface area contributed by atoms with Crippen LogP contribution < -0.4 is 16.8 Å². The summed E-state index contributed by atoms with van der Waals surface area (Å²) in [4.78, 5) is 22.6. The van der Waals surface area contributed by atoms with Gasteiger partial charge >= 0.3 is 5.92 Å². The van der Waals surface area contributed by atoms with Crippen molar-refractivity contribution in [1.29, 1.82) is 0 Å². The topological polar surface area (TPSA) is 98.2 Å². The highest BCUT2D eigenvalue weighted by molar-refractivity contribution is 5.79. The smallest absolute Gasteiger partial charge is 0.311 e. The maximum atomic E-state index is 13.9. The normalized spacial score (nSPS) is 21.3. The van der Waals surface area contributed by atoms with E-state index in [0.29, 0.717) is 45.1 Å². The highest BCUT2D eigenvalue weighted by Crippen LogP contribution is 2.32. The van der Waals surface area contributed by atoms with Crippen LogP contribution in [0.3, 0.4) is 0 Å². The molecule has 2 unspecified atom stereocenters. The van der Waals surface area contributed by atoms with Crippen LogP contribution in [0.4, 0.5) is 8.78 Å². The second-order valence-electron chi connectivity index (χ2n) is 5.93. The van der Waals surface area contributed by atoms with Gasteiger partial charge < -0.3 is 16.8 Å². The monoisotopic (exact) mass is 329 g/mol. The van der Waals surface area contributed by atoms with Gasteiger partial charge in [0.25, 0.3) is 0 Å². The first-order chi connectivity index (χ1) is 10.8. The molecule has 5 nitrogen and oxygen atoms in total. The van der Waals surface area contributed by atoms with Crippen molar-refractivity contribution in [2.75, 3.05) is 6.54 Å². The number of primary amides is 1. The van der Waals surface area contributed by atoms with E-state index in [1.807, 2.05) is 5.92 Å². The zero-order valence-corrected chi connectivity index (χ0v) is 13.2. The van der Waals surface area contributed by atoms with Gasteiger partial charge in [0, 0.05) is 25.3 Å². The fourth-order valence-corrected chi connectivity index (χ4v) is 2.45. The van der Waals surface area contributed by atoms with Crippen molar-refractivity contribution in [3.05, 3.63) is 0 Å². The molecule has 1 aliphatic rings. The van der Waals surface area contributed by atoms with Crippen molar-refractivity contribution < 1.29 is 18.4 Å². The molecule has 0 saturated carbocycles. The number of hydrogen-bond donors (Lipinski definition) is 3. The van der Waals surface area contributed by atoms with Crippen LogP contribution in [0.1, 0.15) is 51.4 Å². The van der Waals surface area contributed by atoms with E-state index in [0.717, 1.165) is 6.42 Å². The molecule has 0 aromatic rings. The molecule has 7 heteroatoms. The number of amides is 2. The molecule has 0 spiro atoms. The van der Waals surface area contributed by atoms with Gasteiger partial charge in [-0.3, -0.25) is 9.59 Å². The Hall–Kier alpha value is -1.68. The molecule has 2 atom stereocenters. The summed E-state index contributed by atoms with van der Waals surface area (Å²) in [5, 5.41) is 2.63. The van der Waals surface area contributed by atoms with Crippen LogP contribution in [0.2, 0.25) is 0 Å². The second kappa shape index (κ2) is 9.46. The van der Waals surface area contributed by atoms with Gasteiger partial charge in [-0.1, -0.05) is 12.3 Å². The minimum Gasteiger partial charge on any atom is -0.368 e. The molecule has 0 fully saturated rings. The lowest BCUT2D eigenvalue weighted by molar-refractivity contribution is -0.125. The molecular weight excluding hydrogens is 304 g/mol. The standard InChI is InChI=1S/C16H25F2N3O2/c17-16(18)9-5-2-1-3-7-12(16)11-14(22)21-10-6-4-8-13(19)15(20)23/h12-13H,1-4,6-8,10-11,19H2,(H2,20,23)(H,21,22). The number of nitrogens with two attached hydrogens (primary N) is 2. The zero-order valence-electron chi connectivity index (χ0n) is 13.2. The predicted octanol–water partition coefficient (Wildman–Crippen LogP) is 1.30. The molecule has 0 radical (unpaired) electrons. The largest absolute Gasteiger partial charge is 0.368 e. The van der Waals surface area contributed by atoms with Gasteiger partial charge in [-0.05, 0) is 38.0 Å². The van der Waals surface area contributed by atoms with Crippen LogP contribution in [0.25, 0.3) is 0 Å². The molecule has 1 rings (SSSR count). The van der Waals surface area contributed by atoms with Crippen molar-refractivity contribution >= 4 is 11.8 Å². The van der Waals surface area contributed by atoms with Crippen LogP contribution >= 0.6 is 0 Å². The number of nitrogens with one attached hydrogen (secondary N) is 1. The molecule has 0 aromatic carbocycles. The van der Waals surface area contributed by atoms with E-state index < -0.39 is 29.7 Å². The first-order valence-electron chi connectivity index (χ1n) is 8.02. The molecule has 1 aliphatic carbocycles. The molecule has 23 heavy (non-hydrogen) atoms. The minimum atomic E-state index is -3.11. The molecule has 2 amide bonds. The molecular formula is C16H25F2N3O2. The summed E-state index contributed by atoms with van der Waals surface area (Å²) >= 11 is 0. The molecule has 0 aliphatic heterocycles. The number of halogens is 2. The SMILES string of the molecule is NC(=O)C(N)CCCCNC(=O)CC1CCCCC#CC1(F)F. The van der Waals surface area contributed by atoms with E-state index in [2.05, 4.69) is 11.2 Å². The first kappa shape index (κ1) is 19.4. The number of alkyl halides is 2. The molecule has 5 N–H and O–H groups in total. The number of hydrogen-bond acceptors (Lipinski definition) is 3. The average Bonchev–Trinajstić information content (AvgIpc) is 2.47. The van der Waals surface area contributed by atoms with Gasteiger partial charge in [-0.25, -0.2) is 0 Å². The lowest BCUT2D eigenvalue weighted by Gasteiger charge is -2.23. The van der Waals surface area contributed by atoms with Crippen molar-refractivity contribution in [3.63, 3.8) is 0 Å². The van der Waals surface area contributed by atoms with Crippen molar-refractivity contribution in [3.8, 4) is 11.8 Å². The lowest BCUT2D eigenvalue weighted by atomic mass is 9.89. The van der Waals surface area contributed by atoms with E-state index in [1.165, 1.54) is 0 Å². The fraction of sp³-hybridized carbons (Fsp3) is 0.750. The molecule has 0 saturated heterocycles. The summed E-state index contributed by atoms with van der Waals surface area (Å²) in [6, 6.07) is -0.683. The van der Waals surface area contributed by atoms with E-state index >= 15 is 0 Å². The number of unbranched alkanes of at least 4 members (excludes halogenated alkanes) is 1. The Bertz CT molecular complexity index is 472. The Kier molecular flexibility index (Phi) is 7.96. The third-order valence-electron chi connectivity index (χ3n) is 3.93. The highest BCUT2D eigenvalue weighted by Gasteiger charge is 2.38. The summed E-state index contributed by atoms with van der Waals surface area (Å²) in [7, 11) is 0. The first-order valence-corrected chi connectivity index (χ1v) is 8.02. The fourth-order valence-electron chi connectivity index (χ4n) is 2.45. The van der Waals surface area contributed by atoms with Crippen LogP contribution in [0, 0.1) is 17.8 Å². The van der Waals surface area contributed by atoms with E-state index in [9.17, 15) is 18.4 Å². The molecule has 130 valence electrons. The second-order valence-corrected chi connectivity index (χ2v) is 5.93. The van der Waals surface area contributed by atoms with E-state index in [4.69, 9.17) is 11.5 Å². The predicted molar refractivity (Wildman–Crippen MR) is 83.3 cm³/mol. The molecule has 0 bridgehead atoms. The van der Waals surface area contributed by atoms with Gasteiger partial charge in [0.15, 0.2) is 0 Å². The summed E-state index contributed by atoms with van der Waals surface area (Å²) in [6.07, 6.45) is 3.73. The van der Waals surface area contributed by atoms with E-state index in [1.54, 1.807) is 0 Å². The van der Waals surface area contributed by atoms with Crippen molar-refractivity contribution in [1.82, 2.24) is 5.32 Å². The summed E-state index contributed by atoms with van der Waals surface area (Å²) in [5.41, 5.74) is 10.5. The maximum Gasteiger partial charge on any atom is 0.311 e. The van der Waals surface area contributed by atoms with Gasteiger partial charge in [0.2, 0.25) is 11.8 Å². The zero-order chi connectivity index (χ0) is 17.3. The number of rotatable bonds is 8. The van der Waals surface area contributed by atoms with Gasteiger partial charge in [-0.2, -0.15) is 8.78 Å². The maximum absolute atomic E-state index is 13.9. The Morgan fingerprint density at radius 2 is 2.04 bits per heavy atom. The van der Waals surface area contributed by atoms with Gasteiger partial charge in [0.05, 0.1) is 6.04 Å². The van der Waals surface area contributed by atoms with Crippen LogP contribution in [0.15, 0.2) is 0 Å². The number of carbonyl (C=O) groups is 2. The summed E-state index contributed by atoms with van der Waals surface area (Å²) in [6.45, 7) is 0.369. The van der Waals surface area contributed by atoms with E-state index in [-0.39, 0.29) is 6.42 Å². The van der Waals surface area contributed by atoms with Gasteiger partial charge in [-0.15, -0.1) is 0 Å². The Morgan fingerprint density at radius 3 is 2.74 bits per heavy atom. The third-order valence-corrected chi connectivity index (χ3v) is 3.93. The molecule has 0 heterocycles. The van der Waals surface area contributed by atoms with Crippen LogP contribution in [-0.2, 0) is 9.59 Å². The van der Waals surface area contributed by atoms with Crippen molar-refractivity contribution in [2.24, 2.45) is 17.4 Å². The minimum absolute atomic E-state index is 0.220. The third kappa shape index (κ3) is 7.42. The lowest BCUT2D eigenvalue weighted by Crippen LogP contribution is -2.36. The van der Waals surface area contributed by atoms with Crippen molar-refractivity contribution in [2.45, 2.75) is 63.3 Å². The van der Waals surface area contributed by atoms with Gasteiger partial charge in [0.1, 0.15) is 0 Å². The summed E-state index contributed by atoms with van der Waals surface area (Å²) < 4.78 is 27.7. The Balaban J connectivity index is 2.29. The van der Waals surface area contributed by atoms with Crippen LogP contribution in [0.5, 0.6) is 0 Å². The molecule has 0 aromatic heterocycles. The quantitative estimate of drug-likeness (QED) is 0.462. The Morgan fingerprint density at radius 1 is 1.30 bits per heavy atom. The summed E-state index contributed by atoms with van der Waals surface area (Å²) in [5.74, 6) is -0.607. The average molecular weight is 329 g/mol.